The highest BCUT2D eigenvalue weighted by Crippen LogP contribution is 2.41. The van der Waals surface area contributed by atoms with E-state index < -0.39 is 0 Å². The summed E-state index contributed by atoms with van der Waals surface area (Å²) >= 11 is 0. The van der Waals surface area contributed by atoms with Crippen molar-refractivity contribution in [1.29, 1.82) is 0 Å². The molecule has 0 radical (unpaired) electrons. The van der Waals surface area contributed by atoms with Crippen LogP contribution in [-0.4, -0.2) is 4.57 Å². The van der Waals surface area contributed by atoms with Gasteiger partial charge in [-0.2, -0.15) is 0 Å². The zero-order chi connectivity index (χ0) is 36.3. The molecule has 3 nitrogen and oxygen atoms in total. The molecule has 55 heavy (non-hydrogen) atoms. The third-order valence-electron chi connectivity index (χ3n) is 11.0. The van der Waals surface area contributed by atoms with Crippen LogP contribution in [0.25, 0.3) is 93.6 Å². The van der Waals surface area contributed by atoms with E-state index in [-0.39, 0.29) is 0 Å². The van der Waals surface area contributed by atoms with Gasteiger partial charge in [0.15, 0.2) is 5.58 Å². The lowest BCUT2D eigenvalue weighted by atomic mass is 9.96. The van der Waals surface area contributed by atoms with Crippen molar-refractivity contribution in [3.05, 3.63) is 200 Å². The second-order valence-electron chi connectivity index (χ2n) is 14.2. The van der Waals surface area contributed by atoms with Crippen LogP contribution in [0.5, 0.6) is 0 Å². The van der Waals surface area contributed by atoms with Crippen molar-refractivity contribution in [3.8, 4) is 39.1 Å². The first kappa shape index (κ1) is 31.2. The number of nitrogens with one attached hydrogen (secondary N) is 1. The van der Waals surface area contributed by atoms with E-state index in [2.05, 4.69) is 198 Å². The first-order chi connectivity index (χ1) is 27.2. The molecule has 0 saturated carbocycles. The maximum Gasteiger partial charge on any atom is 0.159 e. The second kappa shape index (κ2) is 12.6. The smallest absolute Gasteiger partial charge is 0.159 e. The molecule has 0 unspecified atom stereocenters. The monoisotopic (exact) mass is 702 g/mol. The van der Waals surface area contributed by atoms with Crippen LogP contribution in [0.2, 0.25) is 0 Å². The van der Waals surface area contributed by atoms with E-state index >= 15 is 0 Å². The Kier molecular flexibility index (Phi) is 7.17. The van der Waals surface area contributed by atoms with Gasteiger partial charge in [0.25, 0.3) is 0 Å². The Morgan fingerprint density at radius 3 is 1.76 bits per heavy atom. The lowest BCUT2D eigenvalue weighted by Gasteiger charge is -2.11. The summed E-state index contributed by atoms with van der Waals surface area (Å²) in [6.45, 7) is 0. The highest BCUT2D eigenvalue weighted by Gasteiger charge is 2.16. The van der Waals surface area contributed by atoms with Crippen molar-refractivity contribution >= 4 is 65.9 Å². The van der Waals surface area contributed by atoms with E-state index in [4.69, 9.17) is 4.42 Å². The topological polar surface area (TPSA) is 30.1 Å². The lowest BCUT2D eigenvalue weighted by Crippen LogP contribution is -1.92. The molecule has 2 aromatic heterocycles. The van der Waals surface area contributed by atoms with Crippen LogP contribution in [0, 0.1) is 0 Å². The van der Waals surface area contributed by atoms with Crippen LogP contribution in [0.1, 0.15) is 0 Å². The number of hydrogen-bond donors (Lipinski definition) is 1. The Hall–Kier alpha value is -7.36. The molecule has 1 N–H and O–H groups in total. The van der Waals surface area contributed by atoms with Crippen LogP contribution in [0.4, 0.5) is 11.4 Å². The molecule has 0 atom stereocenters. The first-order valence-electron chi connectivity index (χ1n) is 18.8. The summed E-state index contributed by atoms with van der Waals surface area (Å²) in [4.78, 5) is 0. The number of para-hydroxylation sites is 3. The van der Waals surface area contributed by atoms with Gasteiger partial charge in [-0.3, -0.25) is 0 Å². The number of rotatable bonds is 6. The minimum atomic E-state index is 0.875. The van der Waals surface area contributed by atoms with E-state index in [0.29, 0.717) is 0 Å². The predicted octanol–water partition coefficient (Wildman–Crippen LogP) is 14.6. The van der Waals surface area contributed by atoms with Gasteiger partial charge in [-0.1, -0.05) is 140 Å². The molecule has 0 amide bonds. The minimum Gasteiger partial charge on any atom is -0.454 e. The molecule has 11 rings (SSSR count). The van der Waals surface area contributed by atoms with Crippen molar-refractivity contribution in [2.45, 2.75) is 0 Å². The van der Waals surface area contributed by atoms with Crippen molar-refractivity contribution in [1.82, 2.24) is 4.57 Å². The van der Waals surface area contributed by atoms with E-state index in [1.165, 1.54) is 71.6 Å². The van der Waals surface area contributed by atoms with Crippen molar-refractivity contribution in [2.24, 2.45) is 0 Å². The number of fused-ring (bicyclic) bond motifs is 8. The number of nitrogens with zero attached hydrogens (tertiary/aromatic N) is 1. The van der Waals surface area contributed by atoms with Gasteiger partial charge in [-0.15, -0.1) is 0 Å². The fourth-order valence-electron chi connectivity index (χ4n) is 8.31. The maximum atomic E-state index is 6.42. The Morgan fingerprint density at radius 2 is 0.964 bits per heavy atom. The summed E-state index contributed by atoms with van der Waals surface area (Å²) in [5, 5.41) is 10.8. The standard InChI is InChI=1S/C52H34N2O/c1-2-14-42(15-3-1)54-48-19-8-6-17-44(48)46-32-39(27-30-49(46)54)38-13-10-12-37(31-38)36-23-21-34(22-24-36)35-25-28-41(29-26-35)53-47-33-40-11-4-5-16-43(40)51-45-18-7-9-20-50(45)55-52(47)51/h1-33,53H. The lowest BCUT2D eigenvalue weighted by molar-refractivity contribution is 0.670. The zero-order valence-electron chi connectivity index (χ0n) is 29.9. The fraction of sp³-hybridized carbons (Fsp3) is 0. The summed E-state index contributed by atoms with van der Waals surface area (Å²) in [6.07, 6.45) is 0. The SMILES string of the molecule is c1ccc(-n2c3ccccc3c3cc(-c4cccc(-c5ccc(-c6ccc(Nc7cc8ccccc8c8c7oc7ccccc78)cc6)cc5)c4)ccc32)cc1. The highest BCUT2D eigenvalue weighted by atomic mass is 16.3. The molecule has 0 saturated heterocycles. The third-order valence-corrected chi connectivity index (χ3v) is 11.0. The Bertz CT molecular complexity index is 3210. The van der Waals surface area contributed by atoms with Crippen LogP contribution in [0.3, 0.4) is 0 Å². The molecule has 2 heterocycles. The molecule has 0 aliphatic rings. The van der Waals surface area contributed by atoms with Gasteiger partial charge < -0.3 is 14.3 Å². The van der Waals surface area contributed by atoms with Crippen molar-refractivity contribution < 1.29 is 4.42 Å². The van der Waals surface area contributed by atoms with E-state index in [1.54, 1.807) is 0 Å². The normalized spacial score (nSPS) is 11.6. The van der Waals surface area contributed by atoms with Crippen LogP contribution in [0.15, 0.2) is 205 Å². The summed E-state index contributed by atoms with van der Waals surface area (Å²) in [5.74, 6) is 0. The quantitative estimate of drug-likeness (QED) is 0.187. The molecule has 9 aromatic carbocycles. The Labute approximate surface area is 318 Å². The van der Waals surface area contributed by atoms with E-state index in [9.17, 15) is 0 Å². The number of aromatic nitrogens is 1. The summed E-state index contributed by atoms with van der Waals surface area (Å²) < 4.78 is 8.78. The molecule has 0 bridgehead atoms. The third kappa shape index (κ3) is 5.28. The number of furan rings is 1. The number of benzene rings is 9. The van der Waals surface area contributed by atoms with Crippen molar-refractivity contribution in [2.75, 3.05) is 5.32 Å². The van der Waals surface area contributed by atoms with Gasteiger partial charge in [0.2, 0.25) is 0 Å². The molecule has 11 aromatic rings. The summed E-state index contributed by atoms with van der Waals surface area (Å²) in [7, 11) is 0. The van der Waals surface area contributed by atoms with Crippen molar-refractivity contribution in [3.63, 3.8) is 0 Å². The first-order valence-corrected chi connectivity index (χ1v) is 18.8. The number of anilines is 2. The van der Waals surface area contributed by atoms with Gasteiger partial charge in [0.1, 0.15) is 5.58 Å². The molecule has 0 aliphatic carbocycles. The van der Waals surface area contributed by atoms with Gasteiger partial charge >= 0.3 is 0 Å². The van der Waals surface area contributed by atoms with Crippen LogP contribution < -0.4 is 5.32 Å². The molecule has 258 valence electrons. The number of hydrogen-bond acceptors (Lipinski definition) is 2. The van der Waals surface area contributed by atoms with Gasteiger partial charge in [-0.05, 0) is 105 Å². The molecule has 0 aliphatic heterocycles. The predicted molar refractivity (Wildman–Crippen MR) is 232 cm³/mol. The van der Waals surface area contributed by atoms with Crippen LogP contribution in [-0.2, 0) is 0 Å². The summed E-state index contributed by atoms with van der Waals surface area (Å²) in [6, 6.07) is 71.6. The molecular formula is C52H34N2O. The second-order valence-corrected chi connectivity index (χ2v) is 14.2. The molecular weight excluding hydrogens is 669 g/mol. The summed E-state index contributed by atoms with van der Waals surface area (Å²) in [5.41, 5.74) is 14.5. The van der Waals surface area contributed by atoms with E-state index in [1.807, 2.05) is 12.1 Å². The van der Waals surface area contributed by atoms with Gasteiger partial charge in [0, 0.05) is 32.9 Å². The molecule has 3 heteroatoms. The highest BCUT2D eigenvalue weighted by molar-refractivity contribution is 6.22. The van der Waals surface area contributed by atoms with E-state index in [0.717, 1.165) is 33.3 Å². The average Bonchev–Trinajstić information content (AvgIpc) is 3.81. The molecule has 0 spiro atoms. The Balaban J connectivity index is 0.873. The zero-order valence-corrected chi connectivity index (χ0v) is 29.9. The largest absolute Gasteiger partial charge is 0.454 e. The van der Waals surface area contributed by atoms with Gasteiger partial charge in [-0.25, -0.2) is 0 Å². The fourth-order valence-corrected chi connectivity index (χ4v) is 8.31. The molecule has 0 fully saturated rings. The van der Waals surface area contributed by atoms with Gasteiger partial charge in [0.05, 0.1) is 16.7 Å². The Morgan fingerprint density at radius 1 is 0.382 bits per heavy atom. The maximum absolute atomic E-state index is 6.42. The van der Waals surface area contributed by atoms with Crippen LogP contribution >= 0.6 is 0 Å². The average molecular weight is 703 g/mol. The minimum absolute atomic E-state index is 0.875.